The molecule has 2 aromatic carbocycles. The minimum Gasteiger partial charge on any atom is -0.493 e. The molecule has 2 N–H and O–H groups in total. The maximum atomic E-state index is 12.4. The van der Waals surface area contributed by atoms with Crippen LogP contribution in [0.2, 0.25) is 0 Å². The quantitative estimate of drug-likeness (QED) is 0.819. The van der Waals surface area contributed by atoms with Gasteiger partial charge in [-0.3, -0.25) is 4.79 Å². The molecule has 1 heterocycles. The molecule has 1 fully saturated rings. The molecule has 142 valence electrons. The molecule has 0 aliphatic carbocycles. The van der Waals surface area contributed by atoms with Crippen LogP contribution in [0.1, 0.15) is 12.0 Å². The molecule has 3 amide bonds. The van der Waals surface area contributed by atoms with Crippen molar-refractivity contribution in [1.29, 1.82) is 0 Å². The Hall–Kier alpha value is -3.22. The lowest BCUT2D eigenvalue weighted by atomic mass is 10.2. The van der Waals surface area contributed by atoms with Crippen molar-refractivity contribution in [2.45, 2.75) is 19.0 Å². The summed E-state index contributed by atoms with van der Waals surface area (Å²) in [4.78, 5) is 26.1. The van der Waals surface area contributed by atoms with E-state index in [1.807, 2.05) is 30.3 Å². The van der Waals surface area contributed by atoms with Crippen LogP contribution in [0.25, 0.3) is 0 Å². The van der Waals surface area contributed by atoms with Crippen molar-refractivity contribution >= 4 is 17.6 Å². The molecule has 1 aliphatic rings. The Morgan fingerprint density at radius 2 is 1.85 bits per heavy atom. The summed E-state index contributed by atoms with van der Waals surface area (Å²) < 4.78 is 10.5. The lowest BCUT2D eigenvalue weighted by Gasteiger charge is -2.19. The largest absolute Gasteiger partial charge is 0.493 e. The van der Waals surface area contributed by atoms with Crippen LogP contribution >= 0.6 is 0 Å². The average molecular weight is 369 g/mol. The van der Waals surface area contributed by atoms with E-state index in [1.165, 1.54) is 0 Å². The van der Waals surface area contributed by atoms with Gasteiger partial charge in [0, 0.05) is 31.3 Å². The molecule has 0 radical (unpaired) electrons. The maximum Gasteiger partial charge on any atom is 0.315 e. The van der Waals surface area contributed by atoms with Crippen LogP contribution in [-0.4, -0.2) is 38.7 Å². The zero-order valence-corrected chi connectivity index (χ0v) is 15.4. The topological polar surface area (TPSA) is 79.9 Å². The van der Waals surface area contributed by atoms with E-state index in [1.54, 1.807) is 37.3 Å². The Bertz CT molecular complexity index is 810. The summed E-state index contributed by atoms with van der Waals surface area (Å²) in [6, 6.07) is 14.4. The van der Waals surface area contributed by atoms with Crippen molar-refractivity contribution in [2.24, 2.45) is 0 Å². The summed E-state index contributed by atoms with van der Waals surface area (Å²) in [5, 5.41) is 5.67. The summed E-state index contributed by atoms with van der Waals surface area (Å²) in [6.45, 7) is 0.847. The molecule has 0 bridgehead atoms. The van der Waals surface area contributed by atoms with Crippen molar-refractivity contribution in [2.75, 3.05) is 25.7 Å². The molecule has 3 rings (SSSR count). The zero-order valence-electron chi connectivity index (χ0n) is 15.4. The molecule has 0 saturated carbocycles. The Labute approximate surface area is 158 Å². The van der Waals surface area contributed by atoms with Gasteiger partial charge in [0.1, 0.15) is 0 Å². The van der Waals surface area contributed by atoms with Crippen molar-refractivity contribution < 1.29 is 19.1 Å². The predicted molar refractivity (Wildman–Crippen MR) is 102 cm³/mol. The van der Waals surface area contributed by atoms with Crippen molar-refractivity contribution in [3.8, 4) is 11.5 Å². The molecule has 7 nitrogen and oxygen atoms in total. The number of hydrogen-bond acceptors (Lipinski definition) is 4. The molecule has 1 atom stereocenters. The van der Waals surface area contributed by atoms with E-state index >= 15 is 0 Å². The van der Waals surface area contributed by atoms with Gasteiger partial charge in [-0.25, -0.2) is 4.79 Å². The van der Waals surface area contributed by atoms with Gasteiger partial charge in [-0.1, -0.05) is 30.3 Å². The van der Waals surface area contributed by atoms with Crippen LogP contribution in [0.4, 0.5) is 10.5 Å². The number of benzene rings is 2. The number of anilines is 1. The average Bonchev–Trinajstić information content (AvgIpc) is 3.06. The van der Waals surface area contributed by atoms with Gasteiger partial charge in [-0.15, -0.1) is 0 Å². The lowest BCUT2D eigenvalue weighted by molar-refractivity contribution is -0.117. The van der Waals surface area contributed by atoms with E-state index in [0.717, 1.165) is 5.56 Å². The second kappa shape index (κ2) is 8.44. The number of carbonyl (C=O) groups excluding carboxylic acids is 2. The SMILES string of the molecule is COc1ccc(N2CC(NC(=O)NCc3ccccc3)CC2=O)cc1OC. The second-order valence-electron chi connectivity index (χ2n) is 6.26. The summed E-state index contributed by atoms with van der Waals surface area (Å²) in [6.07, 6.45) is 0.257. The van der Waals surface area contributed by atoms with E-state index in [4.69, 9.17) is 9.47 Å². The number of ether oxygens (including phenoxy) is 2. The number of carbonyl (C=O) groups is 2. The summed E-state index contributed by atoms with van der Waals surface area (Å²) in [5.74, 6) is 1.11. The van der Waals surface area contributed by atoms with E-state index in [9.17, 15) is 9.59 Å². The Morgan fingerprint density at radius 3 is 2.56 bits per heavy atom. The van der Waals surface area contributed by atoms with Crippen molar-refractivity contribution in [3.05, 3.63) is 54.1 Å². The highest BCUT2D eigenvalue weighted by atomic mass is 16.5. The first-order valence-corrected chi connectivity index (χ1v) is 8.71. The lowest BCUT2D eigenvalue weighted by Crippen LogP contribution is -2.43. The fraction of sp³-hybridized carbons (Fsp3) is 0.300. The third-order valence-corrected chi connectivity index (χ3v) is 4.43. The molecular weight excluding hydrogens is 346 g/mol. The molecule has 2 aromatic rings. The van der Waals surface area contributed by atoms with Crippen LogP contribution in [0.15, 0.2) is 48.5 Å². The first-order chi connectivity index (χ1) is 13.1. The van der Waals surface area contributed by atoms with E-state index < -0.39 is 0 Å². The molecule has 1 saturated heterocycles. The maximum absolute atomic E-state index is 12.4. The summed E-state index contributed by atoms with van der Waals surface area (Å²) in [5.41, 5.74) is 1.73. The molecule has 0 aromatic heterocycles. The predicted octanol–water partition coefficient (Wildman–Crippen LogP) is 2.31. The van der Waals surface area contributed by atoms with E-state index in [0.29, 0.717) is 30.3 Å². The van der Waals surface area contributed by atoms with Crippen molar-refractivity contribution in [1.82, 2.24) is 10.6 Å². The summed E-state index contributed by atoms with van der Waals surface area (Å²) in [7, 11) is 3.11. The number of amides is 3. The fourth-order valence-corrected chi connectivity index (χ4v) is 3.06. The first kappa shape index (κ1) is 18.6. The number of nitrogens with zero attached hydrogens (tertiary/aromatic N) is 1. The van der Waals surface area contributed by atoms with Gasteiger partial charge in [0.15, 0.2) is 11.5 Å². The van der Waals surface area contributed by atoms with Crippen LogP contribution in [0, 0.1) is 0 Å². The monoisotopic (exact) mass is 369 g/mol. The molecule has 27 heavy (non-hydrogen) atoms. The first-order valence-electron chi connectivity index (χ1n) is 8.71. The smallest absolute Gasteiger partial charge is 0.315 e. The normalized spacial score (nSPS) is 16.1. The van der Waals surface area contributed by atoms with Crippen LogP contribution in [0.5, 0.6) is 11.5 Å². The van der Waals surface area contributed by atoms with E-state index in [-0.39, 0.29) is 24.4 Å². The Balaban J connectivity index is 1.58. The highest BCUT2D eigenvalue weighted by molar-refractivity contribution is 5.97. The summed E-state index contributed by atoms with van der Waals surface area (Å²) >= 11 is 0. The van der Waals surface area contributed by atoms with Gasteiger partial charge in [-0.2, -0.15) is 0 Å². The molecular formula is C20H23N3O4. The third kappa shape index (κ3) is 4.49. The minimum absolute atomic E-state index is 0.0458. The number of methoxy groups -OCH3 is 2. The Morgan fingerprint density at radius 1 is 1.11 bits per heavy atom. The van der Waals surface area contributed by atoms with Gasteiger partial charge in [0.05, 0.1) is 20.3 Å². The van der Waals surface area contributed by atoms with Crippen LogP contribution < -0.4 is 25.0 Å². The second-order valence-corrected chi connectivity index (χ2v) is 6.26. The highest BCUT2D eigenvalue weighted by Gasteiger charge is 2.32. The molecule has 1 aliphatic heterocycles. The third-order valence-electron chi connectivity index (χ3n) is 4.43. The zero-order chi connectivity index (χ0) is 19.2. The number of urea groups is 1. The highest BCUT2D eigenvalue weighted by Crippen LogP contribution is 2.33. The van der Waals surface area contributed by atoms with Crippen LogP contribution in [0.3, 0.4) is 0 Å². The number of rotatable bonds is 6. The Kier molecular flexibility index (Phi) is 5.80. The standard InChI is InChI=1S/C20H23N3O4/c1-26-17-9-8-16(11-18(17)27-2)23-13-15(10-19(23)24)22-20(25)21-12-14-6-4-3-5-7-14/h3-9,11,15H,10,12-13H2,1-2H3,(H2,21,22,25). The van der Waals surface area contributed by atoms with Gasteiger partial charge >= 0.3 is 6.03 Å². The minimum atomic E-state index is -0.286. The van der Waals surface area contributed by atoms with Gasteiger partial charge in [-0.05, 0) is 17.7 Å². The molecule has 0 spiro atoms. The van der Waals surface area contributed by atoms with Gasteiger partial charge in [0.2, 0.25) is 5.91 Å². The number of nitrogens with one attached hydrogen (secondary N) is 2. The number of hydrogen-bond donors (Lipinski definition) is 2. The van der Waals surface area contributed by atoms with Gasteiger partial charge < -0.3 is 25.0 Å². The van der Waals surface area contributed by atoms with Crippen molar-refractivity contribution in [3.63, 3.8) is 0 Å². The van der Waals surface area contributed by atoms with E-state index in [2.05, 4.69) is 10.6 Å². The van der Waals surface area contributed by atoms with Crippen LogP contribution in [-0.2, 0) is 11.3 Å². The fourth-order valence-electron chi connectivity index (χ4n) is 3.06. The molecule has 7 heteroatoms. The molecule has 1 unspecified atom stereocenters. The van der Waals surface area contributed by atoms with Gasteiger partial charge in [0.25, 0.3) is 0 Å².